The Hall–Kier alpha value is -2.91. The van der Waals surface area contributed by atoms with Gasteiger partial charge in [-0.25, -0.2) is 4.79 Å². The third-order valence-electron chi connectivity index (χ3n) is 4.01. The molecule has 140 valence electrons. The lowest BCUT2D eigenvalue weighted by molar-refractivity contribution is -0.384. The monoisotopic (exact) mass is 407 g/mol. The van der Waals surface area contributed by atoms with Crippen LogP contribution < -0.4 is 10.6 Å². The molecule has 1 aromatic carbocycles. The predicted molar refractivity (Wildman–Crippen MR) is 102 cm³/mol. The van der Waals surface area contributed by atoms with E-state index < -0.39 is 16.9 Å². The first-order valence-corrected chi connectivity index (χ1v) is 8.51. The van der Waals surface area contributed by atoms with Crippen molar-refractivity contribution in [3.8, 4) is 11.3 Å². The van der Waals surface area contributed by atoms with E-state index in [1.54, 1.807) is 19.1 Å². The zero-order chi connectivity index (χ0) is 19.7. The van der Waals surface area contributed by atoms with E-state index in [2.05, 4.69) is 10.6 Å². The summed E-state index contributed by atoms with van der Waals surface area (Å²) in [6, 6.07) is 6.79. The summed E-state index contributed by atoms with van der Waals surface area (Å²) >= 11 is 11.3. The minimum atomic E-state index is -0.642. The summed E-state index contributed by atoms with van der Waals surface area (Å²) in [5, 5.41) is 17.2. The Labute approximate surface area is 164 Å². The molecule has 0 aliphatic carbocycles. The number of thiocarbonyl (C=S) groups is 1. The summed E-state index contributed by atoms with van der Waals surface area (Å²) in [7, 11) is 1.29. The average molecular weight is 408 g/mol. The maximum Gasteiger partial charge on any atom is 0.338 e. The number of carbonyl (C=O) groups is 1. The minimum absolute atomic E-state index is 0.118. The van der Waals surface area contributed by atoms with Crippen LogP contribution in [0.1, 0.15) is 18.7 Å². The van der Waals surface area contributed by atoms with E-state index in [-0.39, 0.29) is 10.7 Å². The Balaban J connectivity index is 2.00. The van der Waals surface area contributed by atoms with E-state index in [0.29, 0.717) is 33.5 Å². The molecule has 27 heavy (non-hydrogen) atoms. The first-order valence-electron chi connectivity index (χ1n) is 7.72. The number of methoxy groups -OCH3 is 1. The highest BCUT2D eigenvalue weighted by Gasteiger charge is 2.32. The number of non-ortho nitro benzene ring substituents is 1. The molecule has 1 aromatic heterocycles. The Kier molecular flexibility index (Phi) is 5.15. The van der Waals surface area contributed by atoms with Gasteiger partial charge in [0, 0.05) is 23.4 Å². The molecule has 2 heterocycles. The van der Waals surface area contributed by atoms with E-state index in [9.17, 15) is 14.9 Å². The fourth-order valence-corrected chi connectivity index (χ4v) is 3.30. The van der Waals surface area contributed by atoms with Crippen molar-refractivity contribution in [3.05, 3.63) is 62.5 Å². The second-order valence-corrected chi connectivity index (χ2v) is 6.50. The Morgan fingerprint density at radius 3 is 2.74 bits per heavy atom. The maximum atomic E-state index is 12.2. The van der Waals surface area contributed by atoms with Crippen LogP contribution in [0, 0.1) is 10.1 Å². The SMILES string of the molecule is COC(=O)C1=C(C)NC(=S)N[C@H]1c1ccc(-c2ccc([N+](=O)[O-])cc2Cl)o1. The first-order chi connectivity index (χ1) is 12.8. The highest BCUT2D eigenvalue weighted by Crippen LogP contribution is 2.35. The number of carbonyl (C=O) groups excluding carboxylic acids is 1. The Morgan fingerprint density at radius 2 is 2.11 bits per heavy atom. The smallest absolute Gasteiger partial charge is 0.338 e. The summed E-state index contributed by atoms with van der Waals surface area (Å²) in [5.41, 5.74) is 1.27. The number of rotatable bonds is 4. The fraction of sp³-hybridized carbons (Fsp3) is 0.176. The molecule has 1 aliphatic heterocycles. The number of hydrogen-bond donors (Lipinski definition) is 2. The van der Waals surface area contributed by atoms with E-state index >= 15 is 0 Å². The molecular formula is C17H14ClN3O5S. The molecule has 0 saturated carbocycles. The highest BCUT2D eigenvalue weighted by molar-refractivity contribution is 7.80. The van der Waals surface area contributed by atoms with Gasteiger partial charge < -0.3 is 19.8 Å². The van der Waals surface area contributed by atoms with E-state index in [1.807, 2.05) is 0 Å². The van der Waals surface area contributed by atoms with Crippen molar-refractivity contribution in [1.29, 1.82) is 0 Å². The van der Waals surface area contributed by atoms with Crippen molar-refractivity contribution < 1.29 is 18.9 Å². The second-order valence-electron chi connectivity index (χ2n) is 5.69. The van der Waals surface area contributed by atoms with Gasteiger partial charge in [-0.3, -0.25) is 10.1 Å². The summed E-state index contributed by atoms with van der Waals surface area (Å²) in [5.74, 6) is 0.298. The molecule has 0 fully saturated rings. The number of esters is 1. The minimum Gasteiger partial charge on any atom is -0.466 e. The summed E-state index contributed by atoms with van der Waals surface area (Å²) < 4.78 is 10.7. The highest BCUT2D eigenvalue weighted by atomic mass is 35.5. The van der Waals surface area contributed by atoms with Crippen molar-refractivity contribution in [2.45, 2.75) is 13.0 Å². The fourth-order valence-electron chi connectivity index (χ4n) is 2.76. The van der Waals surface area contributed by atoms with Gasteiger partial charge in [0.2, 0.25) is 0 Å². The quantitative estimate of drug-likeness (QED) is 0.343. The number of nitrogens with zero attached hydrogens (tertiary/aromatic N) is 1. The zero-order valence-corrected chi connectivity index (χ0v) is 15.8. The van der Waals surface area contributed by atoms with Crippen LogP contribution in [0.15, 0.2) is 46.0 Å². The van der Waals surface area contributed by atoms with Gasteiger partial charge in [0.05, 0.1) is 22.6 Å². The number of nitro groups is 1. The van der Waals surface area contributed by atoms with Gasteiger partial charge in [0.1, 0.15) is 17.6 Å². The van der Waals surface area contributed by atoms with Gasteiger partial charge in [-0.2, -0.15) is 0 Å². The van der Waals surface area contributed by atoms with Gasteiger partial charge >= 0.3 is 5.97 Å². The molecule has 0 radical (unpaired) electrons. The Morgan fingerprint density at radius 1 is 1.37 bits per heavy atom. The molecule has 2 aromatic rings. The number of ether oxygens (including phenoxy) is 1. The van der Waals surface area contributed by atoms with Crippen molar-refractivity contribution in [2.75, 3.05) is 7.11 Å². The van der Waals surface area contributed by atoms with Crippen molar-refractivity contribution >= 4 is 40.6 Å². The number of hydrogen-bond acceptors (Lipinski definition) is 6. The van der Waals surface area contributed by atoms with Crippen LogP contribution in [0.3, 0.4) is 0 Å². The molecule has 8 nitrogen and oxygen atoms in total. The third-order valence-corrected chi connectivity index (χ3v) is 4.55. The molecule has 0 amide bonds. The van der Waals surface area contributed by atoms with E-state index in [0.717, 1.165) is 0 Å². The standard InChI is InChI=1S/C17H14ClN3O5S/c1-8-14(16(22)25-2)15(20-17(27)19-8)13-6-5-12(26-13)10-4-3-9(21(23)24)7-11(10)18/h3-7,15H,1-2H3,(H2,19,20,27)/t15-/m0/s1. The van der Waals surface area contributed by atoms with Gasteiger partial charge in [0.25, 0.3) is 5.69 Å². The Bertz CT molecular complexity index is 985. The van der Waals surface area contributed by atoms with Gasteiger partial charge in [-0.15, -0.1) is 0 Å². The van der Waals surface area contributed by atoms with Crippen LogP contribution in [0.5, 0.6) is 0 Å². The average Bonchev–Trinajstić information content (AvgIpc) is 3.10. The molecule has 3 rings (SSSR count). The maximum absolute atomic E-state index is 12.2. The number of halogens is 1. The van der Waals surface area contributed by atoms with Crippen LogP contribution in [-0.4, -0.2) is 23.1 Å². The first kappa shape index (κ1) is 18.9. The van der Waals surface area contributed by atoms with Gasteiger partial charge in [-0.1, -0.05) is 11.6 Å². The second kappa shape index (κ2) is 7.37. The van der Waals surface area contributed by atoms with Crippen LogP contribution >= 0.6 is 23.8 Å². The molecule has 0 unspecified atom stereocenters. The molecule has 1 atom stereocenters. The number of furan rings is 1. The zero-order valence-electron chi connectivity index (χ0n) is 14.2. The van der Waals surface area contributed by atoms with Gasteiger partial charge in [-0.05, 0) is 37.3 Å². The number of nitro benzene ring substituents is 1. The predicted octanol–water partition coefficient (Wildman–Crippen LogP) is 3.47. The molecule has 0 saturated heterocycles. The molecule has 0 bridgehead atoms. The third kappa shape index (κ3) is 3.64. The summed E-state index contributed by atoms with van der Waals surface area (Å²) in [6.07, 6.45) is 0. The van der Waals surface area contributed by atoms with Crippen molar-refractivity contribution in [1.82, 2.24) is 10.6 Å². The summed E-state index contributed by atoms with van der Waals surface area (Å²) in [4.78, 5) is 22.5. The molecule has 1 aliphatic rings. The molecule has 2 N–H and O–H groups in total. The number of allylic oxidation sites excluding steroid dienone is 1. The normalized spacial score (nSPS) is 16.6. The topological polar surface area (TPSA) is 107 Å². The molecular weight excluding hydrogens is 394 g/mol. The number of nitrogens with one attached hydrogen (secondary N) is 2. The van der Waals surface area contributed by atoms with Gasteiger partial charge in [0.15, 0.2) is 5.11 Å². The molecule has 0 spiro atoms. The van der Waals surface area contributed by atoms with Crippen molar-refractivity contribution in [2.24, 2.45) is 0 Å². The lowest BCUT2D eigenvalue weighted by atomic mass is 10.0. The van der Waals surface area contributed by atoms with E-state index in [4.69, 9.17) is 33.0 Å². The van der Waals surface area contributed by atoms with Crippen LogP contribution in [-0.2, 0) is 9.53 Å². The lowest BCUT2D eigenvalue weighted by Crippen LogP contribution is -2.44. The van der Waals surface area contributed by atoms with E-state index in [1.165, 1.54) is 25.3 Å². The van der Waals surface area contributed by atoms with Crippen LogP contribution in [0.4, 0.5) is 5.69 Å². The molecule has 10 heteroatoms. The largest absolute Gasteiger partial charge is 0.466 e. The lowest BCUT2D eigenvalue weighted by Gasteiger charge is -2.27. The van der Waals surface area contributed by atoms with Crippen LogP contribution in [0.2, 0.25) is 5.02 Å². The van der Waals surface area contributed by atoms with Crippen LogP contribution in [0.25, 0.3) is 11.3 Å². The van der Waals surface area contributed by atoms with Crippen molar-refractivity contribution in [3.63, 3.8) is 0 Å². The summed E-state index contributed by atoms with van der Waals surface area (Å²) in [6.45, 7) is 1.71. The number of benzene rings is 1.